The molecular weight excluding hydrogens is 805 g/mol. The largest absolute Gasteiger partial charge is 0.511 e. The summed E-state index contributed by atoms with van der Waals surface area (Å²) in [7, 11) is 3.27. The number of ketones is 2. The highest BCUT2D eigenvalue weighted by molar-refractivity contribution is 7.15. The Morgan fingerprint density at radius 3 is 1.38 bits per heavy atom. The number of hydrogen-bond donors (Lipinski definition) is 1. The van der Waals surface area contributed by atoms with E-state index in [0.29, 0.717) is 54.0 Å². The Morgan fingerprint density at radius 1 is 0.633 bits per heavy atom. The number of allylic oxidation sites excluding steroid dienone is 4. The van der Waals surface area contributed by atoms with Crippen LogP contribution in [0.5, 0.6) is 11.5 Å². The number of aryl methyl sites for hydroxylation is 2. The van der Waals surface area contributed by atoms with Crippen molar-refractivity contribution in [3.05, 3.63) is 81.2 Å². The summed E-state index contributed by atoms with van der Waals surface area (Å²) in [5, 5.41) is 12.2. The number of hydrogen-bond acceptors (Lipinski definition) is 14. The van der Waals surface area contributed by atoms with Crippen LogP contribution in [0.2, 0.25) is 0 Å². The van der Waals surface area contributed by atoms with Gasteiger partial charge < -0.3 is 24.1 Å². The van der Waals surface area contributed by atoms with Gasteiger partial charge in [-0.05, 0) is 72.2 Å². The van der Waals surface area contributed by atoms with Gasteiger partial charge in [-0.3, -0.25) is 24.0 Å². The molecule has 0 unspecified atom stereocenters. The summed E-state index contributed by atoms with van der Waals surface area (Å²) >= 11 is 3.14. The first-order valence-electron chi connectivity index (χ1n) is 19.6. The molecule has 0 saturated heterocycles. The minimum absolute atomic E-state index is 0.0185. The maximum Gasteiger partial charge on any atom is 0.310 e. The minimum atomic E-state index is -0.562. The first-order chi connectivity index (χ1) is 28.2. The molecule has 0 saturated carbocycles. The highest BCUT2D eigenvalue weighted by Crippen LogP contribution is 2.44. The minimum Gasteiger partial charge on any atom is -0.511 e. The Kier molecular flexibility index (Phi) is 15.9. The molecule has 6 rings (SSSR count). The molecular formula is C46H54N2O10S2. The number of aliphatic hydroxyl groups excluding tert-OH is 1. The van der Waals surface area contributed by atoms with E-state index >= 15 is 0 Å². The normalized spacial score (nSPS) is 15.6. The van der Waals surface area contributed by atoms with E-state index in [0.717, 1.165) is 55.2 Å². The fraction of sp³-hybridized carbons (Fsp3) is 0.413. The van der Waals surface area contributed by atoms with E-state index in [1.807, 2.05) is 90.1 Å². The lowest BCUT2D eigenvalue weighted by Crippen LogP contribution is -2.27. The molecule has 2 aromatic heterocycles. The van der Waals surface area contributed by atoms with Crippen LogP contribution in [-0.2, 0) is 46.3 Å². The van der Waals surface area contributed by atoms with Crippen molar-refractivity contribution >= 4 is 63.3 Å². The predicted molar refractivity (Wildman–Crippen MR) is 234 cm³/mol. The summed E-state index contributed by atoms with van der Waals surface area (Å²) in [6, 6.07) is 15.4. The van der Waals surface area contributed by atoms with Crippen LogP contribution in [0.1, 0.15) is 109 Å². The molecule has 0 amide bonds. The first-order valence-corrected chi connectivity index (χ1v) is 21.2. The number of thiazole rings is 2. The zero-order valence-electron chi connectivity index (χ0n) is 36.2. The lowest BCUT2D eigenvalue weighted by Gasteiger charge is -2.31. The standard InChI is InChI=1S/C22H25NO4S.C20H23NO3S.C4H6O3/c1-6-18-20(23-21(28-18)14-7-9-15(26-5)10-8-14)19-16(25)11-22(3,4)12-17(19)27-13(2)24;1-5-16-18(17-14(22)10-20(2,3)11-15(17)23)21-19(25-16)12-6-8-13(24-4)9-7-12;1-3(5)7-4(2)6/h7-10H,6,11-12H2,1-5H3;6-9,22H,5,10-11H2,1-4H3;1-2H3. The number of Topliss-reactive ketones (excluding diaryl/α,β-unsaturated/α-hetero) is 2. The molecule has 320 valence electrons. The van der Waals surface area contributed by atoms with Crippen molar-refractivity contribution < 1.29 is 48.0 Å². The van der Waals surface area contributed by atoms with Crippen molar-refractivity contribution in [1.29, 1.82) is 0 Å². The number of aromatic nitrogens is 2. The fourth-order valence-electron chi connectivity index (χ4n) is 6.84. The summed E-state index contributed by atoms with van der Waals surface area (Å²) < 4.78 is 19.9. The second-order valence-electron chi connectivity index (χ2n) is 15.9. The number of nitrogens with zero attached hydrogens (tertiary/aromatic N) is 2. The van der Waals surface area contributed by atoms with Gasteiger partial charge in [-0.1, -0.05) is 41.5 Å². The monoisotopic (exact) mass is 858 g/mol. The fourth-order valence-corrected chi connectivity index (χ4v) is 8.86. The molecule has 2 aromatic carbocycles. The molecule has 60 heavy (non-hydrogen) atoms. The molecule has 14 heteroatoms. The molecule has 4 aromatic rings. The number of rotatable bonds is 9. The summed E-state index contributed by atoms with van der Waals surface area (Å²) in [6.07, 6.45) is 3.41. The van der Waals surface area contributed by atoms with E-state index in [9.17, 15) is 29.1 Å². The molecule has 2 aliphatic carbocycles. The summed E-state index contributed by atoms with van der Waals surface area (Å²) in [5.74, 6) is 0.602. The third-order valence-corrected chi connectivity index (χ3v) is 11.9. The Balaban J connectivity index is 0.000000230. The van der Waals surface area contributed by atoms with Gasteiger partial charge in [0.15, 0.2) is 11.6 Å². The molecule has 0 fully saturated rings. The zero-order chi connectivity index (χ0) is 44.5. The Bertz CT molecular complexity index is 2280. The molecule has 0 atom stereocenters. The number of esters is 3. The van der Waals surface area contributed by atoms with Gasteiger partial charge in [0.25, 0.3) is 0 Å². The van der Waals surface area contributed by atoms with E-state index in [-0.39, 0.29) is 28.2 Å². The van der Waals surface area contributed by atoms with Crippen molar-refractivity contribution in [1.82, 2.24) is 9.97 Å². The van der Waals surface area contributed by atoms with Crippen molar-refractivity contribution in [3.63, 3.8) is 0 Å². The van der Waals surface area contributed by atoms with Gasteiger partial charge in [0.1, 0.15) is 33.0 Å². The lowest BCUT2D eigenvalue weighted by molar-refractivity contribution is -0.156. The number of aliphatic hydroxyl groups is 1. The van der Waals surface area contributed by atoms with Crippen LogP contribution in [0.3, 0.4) is 0 Å². The smallest absolute Gasteiger partial charge is 0.310 e. The molecule has 12 nitrogen and oxygen atoms in total. The Labute approximate surface area is 359 Å². The van der Waals surface area contributed by atoms with Gasteiger partial charge in [-0.2, -0.15) is 0 Å². The zero-order valence-corrected chi connectivity index (χ0v) is 37.8. The molecule has 0 radical (unpaired) electrons. The highest BCUT2D eigenvalue weighted by atomic mass is 32.1. The van der Waals surface area contributed by atoms with Crippen molar-refractivity contribution in [2.75, 3.05) is 14.2 Å². The van der Waals surface area contributed by atoms with E-state index in [2.05, 4.69) is 4.74 Å². The van der Waals surface area contributed by atoms with Crippen molar-refractivity contribution in [3.8, 4) is 32.6 Å². The number of carbonyl (C=O) groups excluding carboxylic acids is 5. The van der Waals surface area contributed by atoms with Crippen LogP contribution in [-0.4, -0.2) is 58.8 Å². The van der Waals surface area contributed by atoms with E-state index < -0.39 is 17.9 Å². The van der Waals surface area contributed by atoms with Gasteiger partial charge in [-0.15, -0.1) is 22.7 Å². The maximum absolute atomic E-state index is 13.0. The van der Waals surface area contributed by atoms with Crippen LogP contribution in [0.4, 0.5) is 0 Å². The Morgan fingerprint density at radius 2 is 1.03 bits per heavy atom. The average molecular weight is 859 g/mol. The van der Waals surface area contributed by atoms with Crippen molar-refractivity contribution in [2.45, 2.75) is 101 Å². The van der Waals surface area contributed by atoms with Gasteiger partial charge in [0.2, 0.25) is 0 Å². The van der Waals surface area contributed by atoms with Crippen LogP contribution >= 0.6 is 22.7 Å². The SMILES string of the molecule is CC(=O)OC(C)=O.CCc1sc(-c2ccc(OC)cc2)nc1C1=C(O)CC(C)(C)CC1=O.CCc1sc(-c2ccc(OC)cc2)nc1C1=C(OC(C)=O)CC(C)(C)CC1=O. The van der Waals surface area contributed by atoms with Crippen LogP contribution in [0.25, 0.3) is 32.3 Å². The maximum atomic E-state index is 13.0. The van der Waals surface area contributed by atoms with Gasteiger partial charge >= 0.3 is 17.9 Å². The van der Waals surface area contributed by atoms with Gasteiger partial charge in [-0.25, -0.2) is 9.97 Å². The molecule has 0 bridgehead atoms. The first kappa shape index (κ1) is 47.2. The molecule has 1 N–H and O–H groups in total. The number of carbonyl (C=O) groups is 5. The van der Waals surface area contributed by atoms with Crippen LogP contribution in [0, 0.1) is 10.8 Å². The van der Waals surface area contributed by atoms with Crippen molar-refractivity contribution in [2.24, 2.45) is 10.8 Å². The Hall–Kier alpha value is -5.47. The quantitative estimate of drug-likeness (QED) is 0.125. The van der Waals surface area contributed by atoms with E-state index in [4.69, 9.17) is 24.2 Å². The lowest BCUT2D eigenvalue weighted by atomic mass is 9.75. The third kappa shape index (κ3) is 12.3. The second-order valence-corrected chi connectivity index (χ2v) is 18.1. The second kappa shape index (κ2) is 20.2. The van der Waals surface area contributed by atoms with E-state index in [1.54, 1.807) is 36.9 Å². The molecule has 0 aliphatic heterocycles. The topological polar surface area (TPSA) is 168 Å². The predicted octanol–water partition coefficient (Wildman–Crippen LogP) is 10.2. The number of ether oxygens (including phenoxy) is 4. The molecule has 2 heterocycles. The van der Waals surface area contributed by atoms with Crippen LogP contribution in [0.15, 0.2) is 60.0 Å². The van der Waals surface area contributed by atoms with Crippen LogP contribution < -0.4 is 9.47 Å². The van der Waals surface area contributed by atoms with E-state index in [1.165, 1.54) is 20.8 Å². The molecule has 0 spiro atoms. The van der Waals surface area contributed by atoms with Gasteiger partial charge in [0, 0.05) is 67.3 Å². The number of benzene rings is 2. The van der Waals surface area contributed by atoms with Gasteiger partial charge in [0.05, 0.1) is 36.8 Å². The highest BCUT2D eigenvalue weighted by Gasteiger charge is 2.38. The summed E-state index contributed by atoms with van der Waals surface area (Å²) in [6.45, 7) is 15.8. The number of methoxy groups -OCH3 is 2. The third-order valence-electron chi connectivity index (χ3n) is 9.43. The summed E-state index contributed by atoms with van der Waals surface area (Å²) in [4.78, 5) is 68.5. The summed E-state index contributed by atoms with van der Waals surface area (Å²) in [5.41, 5.74) is 3.67. The average Bonchev–Trinajstić information content (AvgIpc) is 3.78. The molecule has 2 aliphatic rings.